The van der Waals surface area contributed by atoms with Gasteiger partial charge < -0.3 is 14.5 Å². The van der Waals surface area contributed by atoms with Gasteiger partial charge in [0, 0.05) is 19.0 Å². The van der Waals surface area contributed by atoms with Gasteiger partial charge in [-0.1, -0.05) is 0 Å². The monoisotopic (exact) mass is 274 g/mol. The molecule has 2 aromatic rings. The molecule has 1 amide bonds. The highest BCUT2D eigenvalue weighted by Crippen LogP contribution is 2.17. The molecule has 0 aromatic carbocycles. The Morgan fingerprint density at radius 3 is 2.90 bits per heavy atom. The van der Waals surface area contributed by atoms with Crippen molar-refractivity contribution in [2.24, 2.45) is 0 Å². The lowest BCUT2D eigenvalue weighted by atomic mass is 10.1. The van der Waals surface area contributed by atoms with E-state index >= 15 is 0 Å². The molecule has 7 nitrogen and oxygen atoms in total. The van der Waals surface area contributed by atoms with Gasteiger partial charge in [-0.15, -0.1) is 0 Å². The van der Waals surface area contributed by atoms with Crippen molar-refractivity contribution in [2.45, 2.75) is 18.9 Å². The van der Waals surface area contributed by atoms with Gasteiger partial charge >= 0.3 is 0 Å². The number of nitrogens with one attached hydrogen (secondary N) is 1. The van der Waals surface area contributed by atoms with Crippen molar-refractivity contribution in [1.29, 1.82) is 0 Å². The van der Waals surface area contributed by atoms with Gasteiger partial charge in [-0.3, -0.25) is 4.79 Å². The van der Waals surface area contributed by atoms with E-state index in [2.05, 4.69) is 20.3 Å². The van der Waals surface area contributed by atoms with Crippen LogP contribution in [0.1, 0.15) is 23.3 Å². The third kappa shape index (κ3) is 2.67. The molecular weight excluding hydrogens is 260 g/mol. The standard InChI is InChI=1S/C13H14N4O3/c18-12(17-9-2-1-6-19-8-9)10-11(15-4-3-14-10)13-16-5-7-20-13/h3-5,7,9H,1-2,6,8H2,(H,17,18). The highest BCUT2D eigenvalue weighted by atomic mass is 16.5. The number of carbonyl (C=O) groups is 1. The van der Waals surface area contributed by atoms with Crippen LogP contribution in [-0.2, 0) is 4.74 Å². The Kier molecular flexibility index (Phi) is 3.69. The first-order valence-corrected chi connectivity index (χ1v) is 6.44. The molecule has 1 aliphatic heterocycles. The first kappa shape index (κ1) is 12.7. The summed E-state index contributed by atoms with van der Waals surface area (Å²) in [7, 11) is 0. The molecule has 1 unspecified atom stereocenters. The van der Waals surface area contributed by atoms with Crippen LogP contribution in [0, 0.1) is 0 Å². The number of nitrogens with zero attached hydrogens (tertiary/aromatic N) is 3. The molecule has 0 bridgehead atoms. The summed E-state index contributed by atoms with van der Waals surface area (Å²) in [6, 6.07) is 0.00988. The number of amides is 1. The smallest absolute Gasteiger partial charge is 0.272 e. The topological polar surface area (TPSA) is 90.1 Å². The number of carbonyl (C=O) groups excluding carboxylic acids is 1. The maximum Gasteiger partial charge on any atom is 0.272 e. The van der Waals surface area contributed by atoms with Crippen LogP contribution in [0.4, 0.5) is 0 Å². The van der Waals surface area contributed by atoms with Gasteiger partial charge in [0.15, 0.2) is 11.4 Å². The summed E-state index contributed by atoms with van der Waals surface area (Å²) in [5.41, 5.74) is 0.548. The molecule has 1 atom stereocenters. The van der Waals surface area contributed by atoms with E-state index in [4.69, 9.17) is 9.15 Å². The zero-order valence-electron chi connectivity index (χ0n) is 10.8. The zero-order chi connectivity index (χ0) is 13.8. The second-order valence-corrected chi connectivity index (χ2v) is 4.48. The molecule has 7 heteroatoms. The second kappa shape index (κ2) is 5.79. The number of aromatic nitrogens is 3. The molecule has 0 radical (unpaired) electrons. The SMILES string of the molecule is O=C(NC1CCCOC1)c1nccnc1-c1ncco1. The largest absolute Gasteiger partial charge is 0.443 e. The Labute approximate surface area is 115 Å². The van der Waals surface area contributed by atoms with Crippen molar-refractivity contribution in [3.8, 4) is 11.6 Å². The summed E-state index contributed by atoms with van der Waals surface area (Å²) in [4.78, 5) is 24.5. The lowest BCUT2D eigenvalue weighted by Crippen LogP contribution is -2.41. The fourth-order valence-electron chi connectivity index (χ4n) is 2.11. The predicted octanol–water partition coefficient (Wildman–Crippen LogP) is 1.04. The van der Waals surface area contributed by atoms with Crippen LogP contribution in [0.2, 0.25) is 0 Å². The van der Waals surface area contributed by atoms with Crippen LogP contribution in [0.3, 0.4) is 0 Å². The quantitative estimate of drug-likeness (QED) is 0.899. The van der Waals surface area contributed by atoms with Crippen LogP contribution in [0.15, 0.2) is 29.3 Å². The number of hydrogen-bond donors (Lipinski definition) is 1. The number of rotatable bonds is 3. The first-order valence-electron chi connectivity index (χ1n) is 6.44. The van der Waals surface area contributed by atoms with E-state index in [0.717, 1.165) is 19.4 Å². The van der Waals surface area contributed by atoms with Crippen molar-refractivity contribution in [3.63, 3.8) is 0 Å². The molecule has 104 valence electrons. The van der Waals surface area contributed by atoms with Gasteiger partial charge in [0.25, 0.3) is 5.91 Å². The maximum absolute atomic E-state index is 12.3. The van der Waals surface area contributed by atoms with E-state index in [-0.39, 0.29) is 23.5 Å². The Bertz CT molecular complexity index is 579. The molecule has 20 heavy (non-hydrogen) atoms. The van der Waals surface area contributed by atoms with Gasteiger partial charge in [-0.2, -0.15) is 0 Å². The van der Waals surface area contributed by atoms with Crippen LogP contribution < -0.4 is 5.32 Å². The molecule has 1 N–H and O–H groups in total. The number of ether oxygens (including phenoxy) is 1. The van der Waals surface area contributed by atoms with Crippen molar-refractivity contribution in [1.82, 2.24) is 20.3 Å². The molecular formula is C13H14N4O3. The Morgan fingerprint density at radius 2 is 2.15 bits per heavy atom. The molecule has 1 saturated heterocycles. The Balaban J connectivity index is 1.81. The number of hydrogen-bond acceptors (Lipinski definition) is 6. The zero-order valence-corrected chi connectivity index (χ0v) is 10.8. The minimum atomic E-state index is -0.290. The van der Waals surface area contributed by atoms with Crippen LogP contribution in [0.25, 0.3) is 11.6 Å². The summed E-state index contributed by atoms with van der Waals surface area (Å²) >= 11 is 0. The highest BCUT2D eigenvalue weighted by molar-refractivity contribution is 5.97. The molecule has 3 rings (SSSR count). The second-order valence-electron chi connectivity index (χ2n) is 4.48. The van der Waals surface area contributed by atoms with Crippen LogP contribution >= 0.6 is 0 Å². The van der Waals surface area contributed by atoms with Crippen molar-refractivity contribution in [3.05, 3.63) is 30.5 Å². The summed E-state index contributed by atoms with van der Waals surface area (Å²) in [6.07, 6.45) is 7.75. The van der Waals surface area contributed by atoms with E-state index < -0.39 is 0 Å². The van der Waals surface area contributed by atoms with Crippen molar-refractivity contribution in [2.75, 3.05) is 13.2 Å². The summed E-state index contributed by atoms with van der Waals surface area (Å²) in [5.74, 6) is -0.00931. The van der Waals surface area contributed by atoms with Crippen molar-refractivity contribution >= 4 is 5.91 Å². The normalized spacial score (nSPS) is 18.7. The Morgan fingerprint density at radius 1 is 1.25 bits per heavy atom. The van der Waals surface area contributed by atoms with E-state index in [1.807, 2.05) is 0 Å². The molecule has 0 spiro atoms. The maximum atomic E-state index is 12.3. The molecule has 1 fully saturated rings. The third-order valence-corrected chi connectivity index (χ3v) is 3.04. The van der Waals surface area contributed by atoms with Gasteiger partial charge in [0.1, 0.15) is 6.26 Å². The minimum Gasteiger partial charge on any atom is -0.443 e. The first-order chi connectivity index (χ1) is 9.84. The highest BCUT2D eigenvalue weighted by Gasteiger charge is 2.22. The average molecular weight is 274 g/mol. The fourth-order valence-corrected chi connectivity index (χ4v) is 2.11. The number of oxazole rings is 1. The fraction of sp³-hybridized carbons (Fsp3) is 0.385. The van der Waals surface area contributed by atoms with Gasteiger partial charge in [-0.25, -0.2) is 15.0 Å². The Hall–Kier alpha value is -2.28. The minimum absolute atomic E-state index is 0.00988. The van der Waals surface area contributed by atoms with E-state index in [9.17, 15) is 4.79 Å². The third-order valence-electron chi connectivity index (χ3n) is 3.04. The molecule has 3 heterocycles. The van der Waals surface area contributed by atoms with E-state index in [1.54, 1.807) is 0 Å². The lowest BCUT2D eigenvalue weighted by Gasteiger charge is -2.23. The van der Waals surface area contributed by atoms with Gasteiger partial charge in [0.05, 0.1) is 18.8 Å². The van der Waals surface area contributed by atoms with E-state index in [0.29, 0.717) is 12.3 Å². The van der Waals surface area contributed by atoms with Gasteiger partial charge in [0.2, 0.25) is 5.89 Å². The lowest BCUT2D eigenvalue weighted by molar-refractivity contribution is 0.0622. The van der Waals surface area contributed by atoms with Crippen molar-refractivity contribution < 1.29 is 13.9 Å². The predicted molar refractivity (Wildman–Crippen MR) is 68.8 cm³/mol. The molecule has 0 saturated carbocycles. The van der Waals surface area contributed by atoms with E-state index in [1.165, 1.54) is 24.9 Å². The summed E-state index contributed by atoms with van der Waals surface area (Å²) < 4.78 is 10.5. The van der Waals surface area contributed by atoms with Crippen LogP contribution in [0.5, 0.6) is 0 Å². The summed E-state index contributed by atoms with van der Waals surface area (Å²) in [6.45, 7) is 1.28. The summed E-state index contributed by atoms with van der Waals surface area (Å²) in [5, 5.41) is 2.90. The average Bonchev–Trinajstić information content (AvgIpc) is 3.02. The van der Waals surface area contributed by atoms with Gasteiger partial charge in [-0.05, 0) is 12.8 Å². The molecule has 2 aromatic heterocycles. The van der Waals surface area contributed by atoms with Crippen LogP contribution in [-0.4, -0.2) is 40.1 Å². The molecule has 0 aliphatic carbocycles. The molecule has 1 aliphatic rings.